The van der Waals surface area contributed by atoms with Crippen LogP contribution in [0.2, 0.25) is 0 Å². The lowest BCUT2D eigenvalue weighted by atomic mass is 9.86. The van der Waals surface area contributed by atoms with Crippen LogP contribution in [-0.2, 0) is 11.3 Å². The van der Waals surface area contributed by atoms with E-state index in [0.717, 1.165) is 56.8 Å². The maximum atomic E-state index is 12.5. The molecule has 3 heterocycles. The second-order valence-corrected chi connectivity index (χ2v) is 8.23. The lowest BCUT2D eigenvalue weighted by Crippen LogP contribution is -2.60. The first kappa shape index (κ1) is 19.1. The van der Waals surface area contributed by atoms with Gasteiger partial charge in [-0.25, -0.2) is 0 Å². The Bertz CT molecular complexity index is 867. The molecule has 0 aliphatic carbocycles. The third-order valence-corrected chi connectivity index (χ3v) is 6.47. The highest BCUT2D eigenvalue weighted by Gasteiger charge is 2.42. The molecule has 1 aromatic heterocycles. The van der Waals surface area contributed by atoms with Gasteiger partial charge in [-0.05, 0) is 32.0 Å². The maximum absolute atomic E-state index is 12.5. The van der Waals surface area contributed by atoms with Crippen LogP contribution in [0.1, 0.15) is 25.0 Å². The van der Waals surface area contributed by atoms with E-state index in [2.05, 4.69) is 53.8 Å². The normalized spacial score (nSPS) is 24.6. The van der Waals surface area contributed by atoms with Gasteiger partial charge in [-0.2, -0.15) is 0 Å². The van der Waals surface area contributed by atoms with Gasteiger partial charge in [0.25, 0.3) is 0 Å². The number of carbonyl (C=O) groups is 1. The molecule has 148 valence electrons. The van der Waals surface area contributed by atoms with Gasteiger partial charge in [-0.1, -0.05) is 30.3 Å². The summed E-state index contributed by atoms with van der Waals surface area (Å²) in [6, 6.07) is 12.6. The van der Waals surface area contributed by atoms with Gasteiger partial charge in [0.2, 0.25) is 5.91 Å². The number of carbonyl (C=O) groups excluding carboxylic acids is 1. The number of piperazine rings is 1. The molecule has 1 unspecified atom stereocenters. The van der Waals surface area contributed by atoms with E-state index in [-0.39, 0.29) is 11.4 Å². The molecule has 0 saturated carbocycles. The Labute approximate surface area is 167 Å². The van der Waals surface area contributed by atoms with E-state index in [9.17, 15) is 4.79 Å². The van der Waals surface area contributed by atoms with Crippen molar-refractivity contribution in [3.63, 3.8) is 0 Å². The number of fused-ring (bicyclic) bond motifs is 1. The quantitative estimate of drug-likeness (QED) is 0.767. The smallest absolute Gasteiger partial charge is 0.222 e. The Morgan fingerprint density at radius 1 is 1.14 bits per heavy atom. The van der Waals surface area contributed by atoms with Crippen molar-refractivity contribution in [1.82, 2.24) is 19.7 Å². The molecule has 0 radical (unpaired) electrons. The standard InChI is InChI=1S/C23H30N4O/c1-3-13-27-14-12-23(11-10-22(27)28)18-26(16-15-25(23)2)17-20-9-8-19-6-4-5-7-21(19)24-20/h3-9H,1,10-18H2,2H3. The van der Waals surface area contributed by atoms with Crippen LogP contribution in [0.3, 0.4) is 0 Å². The first-order chi connectivity index (χ1) is 13.6. The number of likely N-dealkylation sites (tertiary alicyclic amines) is 1. The van der Waals surface area contributed by atoms with Crippen molar-refractivity contribution < 1.29 is 4.79 Å². The van der Waals surface area contributed by atoms with Gasteiger partial charge in [0, 0.05) is 56.6 Å². The zero-order valence-corrected chi connectivity index (χ0v) is 16.8. The number of rotatable bonds is 4. The minimum Gasteiger partial charge on any atom is -0.339 e. The fourth-order valence-electron chi connectivity index (χ4n) is 4.68. The summed E-state index contributed by atoms with van der Waals surface area (Å²) >= 11 is 0. The first-order valence-corrected chi connectivity index (χ1v) is 10.3. The molecule has 2 aliphatic heterocycles. The molecule has 2 aromatic rings. The lowest BCUT2D eigenvalue weighted by molar-refractivity contribution is -0.130. The van der Waals surface area contributed by atoms with Crippen LogP contribution in [0.5, 0.6) is 0 Å². The highest BCUT2D eigenvalue weighted by atomic mass is 16.2. The van der Waals surface area contributed by atoms with Crippen LogP contribution < -0.4 is 0 Å². The maximum Gasteiger partial charge on any atom is 0.222 e. The summed E-state index contributed by atoms with van der Waals surface area (Å²) in [7, 11) is 2.22. The van der Waals surface area contributed by atoms with Crippen molar-refractivity contribution in [2.45, 2.75) is 31.3 Å². The van der Waals surface area contributed by atoms with Gasteiger partial charge >= 0.3 is 0 Å². The molecule has 4 rings (SSSR count). The number of likely N-dealkylation sites (N-methyl/N-ethyl adjacent to an activating group) is 1. The van der Waals surface area contributed by atoms with Crippen molar-refractivity contribution in [2.75, 3.05) is 39.8 Å². The second kappa shape index (κ2) is 8.02. The van der Waals surface area contributed by atoms with Gasteiger partial charge in [0.15, 0.2) is 0 Å². The summed E-state index contributed by atoms with van der Waals surface area (Å²) in [6.07, 6.45) is 4.40. The van der Waals surface area contributed by atoms with Gasteiger partial charge in [-0.3, -0.25) is 19.6 Å². The van der Waals surface area contributed by atoms with E-state index in [1.807, 2.05) is 17.0 Å². The number of benzene rings is 1. The molecule has 1 atom stereocenters. The summed E-state index contributed by atoms with van der Waals surface area (Å²) in [5, 5.41) is 1.19. The fourth-order valence-corrected chi connectivity index (χ4v) is 4.68. The highest BCUT2D eigenvalue weighted by molar-refractivity contribution is 5.78. The second-order valence-electron chi connectivity index (χ2n) is 8.23. The molecule has 2 aliphatic rings. The van der Waals surface area contributed by atoms with E-state index in [4.69, 9.17) is 4.98 Å². The zero-order chi connectivity index (χ0) is 19.6. The molecule has 1 aromatic carbocycles. The topological polar surface area (TPSA) is 39.7 Å². The largest absolute Gasteiger partial charge is 0.339 e. The van der Waals surface area contributed by atoms with Crippen molar-refractivity contribution >= 4 is 16.8 Å². The summed E-state index contributed by atoms with van der Waals surface area (Å²) in [4.78, 5) is 24.3. The minimum absolute atomic E-state index is 0.0701. The number of hydrogen-bond acceptors (Lipinski definition) is 4. The molecule has 0 bridgehead atoms. The lowest BCUT2D eigenvalue weighted by Gasteiger charge is -2.49. The van der Waals surface area contributed by atoms with E-state index in [1.165, 1.54) is 5.39 Å². The van der Waals surface area contributed by atoms with Gasteiger partial charge in [-0.15, -0.1) is 6.58 Å². The van der Waals surface area contributed by atoms with E-state index in [0.29, 0.717) is 13.0 Å². The summed E-state index contributed by atoms with van der Waals surface area (Å²) < 4.78 is 0. The molecule has 5 heteroatoms. The van der Waals surface area contributed by atoms with Crippen LogP contribution in [-0.4, -0.2) is 70.9 Å². The van der Waals surface area contributed by atoms with Crippen LogP contribution in [0.15, 0.2) is 49.1 Å². The Morgan fingerprint density at radius 3 is 2.86 bits per heavy atom. The summed E-state index contributed by atoms with van der Waals surface area (Å²) in [5.41, 5.74) is 2.25. The van der Waals surface area contributed by atoms with Crippen molar-refractivity contribution in [3.05, 3.63) is 54.7 Å². The van der Waals surface area contributed by atoms with Crippen LogP contribution in [0.4, 0.5) is 0 Å². The summed E-state index contributed by atoms with van der Waals surface area (Å²) in [5.74, 6) is 0.262. The van der Waals surface area contributed by atoms with Gasteiger partial charge < -0.3 is 4.90 Å². The molecule has 0 N–H and O–H groups in total. The number of hydrogen-bond donors (Lipinski definition) is 0. The predicted molar refractivity (Wildman–Crippen MR) is 113 cm³/mol. The predicted octanol–water partition coefficient (Wildman–Crippen LogP) is 2.92. The number of amides is 1. The minimum atomic E-state index is 0.0701. The zero-order valence-electron chi connectivity index (χ0n) is 16.8. The Hall–Kier alpha value is -2.24. The monoisotopic (exact) mass is 378 g/mol. The molecular formula is C23H30N4O. The van der Waals surface area contributed by atoms with Crippen molar-refractivity contribution in [2.24, 2.45) is 0 Å². The molecule has 2 saturated heterocycles. The summed E-state index contributed by atoms with van der Waals surface area (Å²) in [6.45, 7) is 9.20. The Kier molecular flexibility index (Phi) is 5.47. The SMILES string of the molecule is C=CCN1CCC2(CCC1=O)CN(Cc1ccc3ccccc3n1)CCN2C. The number of pyridine rings is 1. The third-order valence-electron chi connectivity index (χ3n) is 6.47. The molecular weight excluding hydrogens is 348 g/mol. The highest BCUT2D eigenvalue weighted by Crippen LogP contribution is 2.32. The number of aromatic nitrogens is 1. The van der Waals surface area contributed by atoms with Crippen molar-refractivity contribution in [1.29, 1.82) is 0 Å². The molecule has 1 spiro atoms. The average Bonchev–Trinajstić information content (AvgIpc) is 2.86. The molecule has 5 nitrogen and oxygen atoms in total. The van der Waals surface area contributed by atoms with E-state index >= 15 is 0 Å². The average molecular weight is 379 g/mol. The molecule has 28 heavy (non-hydrogen) atoms. The van der Waals surface area contributed by atoms with E-state index in [1.54, 1.807) is 0 Å². The van der Waals surface area contributed by atoms with Crippen LogP contribution >= 0.6 is 0 Å². The van der Waals surface area contributed by atoms with Crippen LogP contribution in [0, 0.1) is 0 Å². The van der Waals surface area contributed by atoms with Crippen molar-refractivity contribution in [3.8, 4) is 0 Å². The fraction of sp³-hybridized carbons (Fsp3) is 0.478. The molecule has 2 fully saturated rings. The Morgan fingerprint density at radius 2 is 2.00 bits per heavy atom. The van der Waals surface area contributed by atoms with Crippen LogP contribution in [0.25, 0.3) is 10.9 Å². The molecule has 1 amide bonds. The first-order valence-electron chi connectivity index (χ1n) is 10.3. The Balaban J connectivity index is 1.49. The van der Waals surface area contributed by atoms with E-state index < -0.39 is 0 Å². The number of para-hydroxylation sites is 1. The number of nitrogens with zero attached hydrogens (tertiary/aromatic N) is 4. The van der Waals surface area contributed by atoms with Gasteiger partial charge in [0.05, 0.1) is 11.2 Å². The van der Waals surface area contributed by atoms with Gasteiger partial charge in [0.1, 0.15) is 0 Å². The third kappa shape index (κ3) is 3.82.